The molecule has 23 heavy (non-hydrogen) atoms. The number of anilines is 1. The van der Waals surface area contributed by atoms with Gasteiger partial charge in [-0.05, 0) is 39.7 Å². The highest BCUT2D eigenvalue weighted by molar-refractivity contribution is 6.04. The van der Waals surface area contributed by atoms with Crippen molar-refractivity contribution in [3.8, 4) is 0 Å². The molecule has 2 N–H and O–H groups in total. The molecule has 1 fully saturated rings. The molecular weight excluding hydrogens is 288 g/mol. The van der Waals surface area contributed by atoms with E-state index in [-0.39, 0.29) is 11.5 Å². The highest BCUT2D eigenvalue weighted by Crippen LogP contribution is 2.49. The quantitative estimate of drug-likeness (QED) is 0.807. The first-order valence-corrected chi connectivity index (χ1v) is 8.33. The summed E-state index contributed by atoms with van der Waals surface area (Å²) in [5.74, 6) is -0.279. The molecule has 1 aliphatic carbocycles. The third-order valence-corrected chi connectivity index (χ3v) is 4.97. The van der Waals surface area contributed by atoms with Gasteiger partial charge >= 0.3 is 5.97 Å². The maximum atomic E-state index is 13.0. The number of ether oxygens (including phenoxy) is 1. The van der Waals surface area contributed by atoms with Crippen molar-refractivity contribution in [1.82, 2.24) is 0 Å². The molecule has 0 unspecified atom stereocenters. The van der Waals surface area contributed by atoms with Gasteiger partial charge in [-0.15, -0.1) is 0 Å². The van der Waals surface area contributed by atoms with Gasteiger partial charge in [0.25, 0.3) is 0 Å². The van der Waals surface area contributed by atoms with E-state index in [9.17, 15) is 4.79 Å². The van der Waals surface area contributed by atoms with E-state index in [1.54, 1.807) is 0 Å². The first-order chi connectivity index (χ1) is 10.8. The molecule has 1 aromatic rings. The second kappa shape index (κ2) is 5.29. The van der Waals surface area contributed by atoms with Gasteiger partial charge in [-0.25, -0.2) is 4.79 Å². The second-order valence-corrected chi connectivity index (χ2v) is 7.61. The SMILES string of the molecule is CN1c2ccccc2C(N)=C(C(=O)OC(C)(C)C)C12CCCC2. The Morgan fingerprint density at radius 3 is 2.43 bits per heavy atom. The average molecular weight is 314 g/mol. The Balaban J connectivity index is 2.17. The molecule has 0 aromatic heterocycles. The number of carbonyl (C=O) groups excluding carboxylic acids is 1. The highest BCUT2D eigenvalue weighted by Gasteiger charge is 2.49. The predicted octanol–water partition coefficient (Wildman–Crippen LogP) is 3.46. The fraction of sp³-hybridized carbons (Fsp3) is 0.526. The smallest absolute Gasteiger partial charge is 0.339 e. The van der Waals surface area contributed by atoms with Gasteiger partial charge in [-0.3, -0.25) is 0 Å². The van der Waals surface area contributed by atoms with E-state index in [4.69, 9.17) is 10.5 Å². The van der Waals surface area contributed by atoms with Crippen molar-refractivity contribution in [2.75, 3.05) is 11.9 Å². The summed E-state index contributed by atoms with van der Waals surface area (Å²) >= 11 is 0. The zero-order valence-corrected chi connectivity index (χ0v) is 14.5. The van der Waals surface area contributed by atoms with Crippen molar-refractivity contribution in [2.24, 2.45) is 5.73 Å². The van der Waals surface area contributed by atoms with Crippen LogP contribution in [0.25, 0.3) is 5.70 Å². The molecule has 1 heterocycles. The number of nitrogens with zero attached hydrogens (tertiary/aromatic N) is 1. The lowest BCUT2D eigenvalue weighted by molar-refractivity contribution is -0.150. The fourth-order valence-corrected chi connectivity index (χ4v) is 3.95. The summed E-state index contributed by atoms with van der Waals surface area (Å²) in [5.41, 5.74) is 8.86. The van der Waals surface area contributed by atoms with Gasteiger partial charge in [0.1, 0.15) is 5.60 Å². The molecule has 1 saturated carbocycles. The largest absolute Gasteiger partial charge is 0.456 e. The molecule has 0 saturated heterocycles. The maximum Gasteiger partial charge on any atom is 0.339 e. The first kappa shape index (κ1) is 15.9. The molecule has 1 aromatic carbocycles. The van der Waals surface area contributed by atoms with Crippen LogP contribution >= 0.6 is 0 Å². The summed E-state index contributed by atoms with van der Waals surface area (Å²) in [5, 5.41) is 0. The summed E-state index contributed by atoms with van der Waals surface area (Å²) in [4.78, 5) is 15.2. The van der Waals surface area contributed by atoms with Crippen molar-refractivity contribution in [3.63, 3.8) is 0 Å². The number of rotatable bonds is 1. The topological polar surface area (TPSA) is 55.6 Å². The Hall–Kier alpha value is -1.97. The summed E-state index contributed by atoms with van der Waals surface area (Å²) in [6.07, 6.45) is 4.08. The van der Waals surface area contributed by atoms with Gasteiger partial charge in [0.15, 0.2) is 0 Å². The van der Waals surface area contributed by atoms with Crippen molar-refractivity contribution < 1.29 is 9.53 Å². The van der Waals surface area contributed by atoms with Crippen molar-refractivity contribution in [3.05, 3.63) is 35.4 Å². The van der Waals surface area contributed by atoms with Crippen LogP contribution in [0.4, 0.5) is 5.69 Å². The molecular formula is C19H26N2O2. The van der Waals surface area contributed by atoms with E-state index in [2.05, 4.69) is 18.0 Å². The minimum absolute atomic E-state index is 0.279. The van der Waals surface area contributed by atoms with Crippen LogP contribution in [0, 0.1) is 0 Å². The molecule has 4 nitrogen and oxygen atoms in total. The minimum Gasteiger partial charge on any atom is -0.456 e. The second-order valence-electron chi connectivity index (χ2n) is 7.61. The number of likely N-dealkylation sites (N-methyl/N-ethyl adjacent to an activating group) is 1. The normalized spacial score (nSPS) is 19.9. The number of para-hydroxylation sites is 1. The van der Waals surface area contributed by atoms with Crippen LogP contribution in [0.15, 0.2) is 29.8 Å². The van der Waals surface area contributed by atoms with Crippen LogP contribution in [0.5, 0.6) is 0 Å². The Bertz CT molecular complexity index is 664. The zero-order valence-electron chi connectivity index (χ0n) is 14.5. The molecule has 0 bridgehead atoms. The first-order valence-electron chi connectivity index (χ1n) is 8.33. The van der Waals surface area contributed by atoms with E-state index in [0.717, 1.165) is 36.9 Å². The fourth-order valence-electron chi connectivity index (χ4n) is 3.95. The number of carbonyl (C=O) groups is 1. The van der Waals surface area contributed by atoms with Crippen LogP contribution in [-0.2, 0) is 9.53 Å². The summed E-state index contributed by atoms with van der Waals surface area (Å²) < 4.78 is 5.69. The van der Waals surface area contributed by atoms with Crippen molar-refractivity contribution in [2.45, 2.75) is 57.6 Å². The zero-order chi connectivity index (χ0) is 16.8. The van der Waals surface area contributed by atoms with E-state index in [1.165, 1.54) is 0 Å². The van der Waals surface area contributed by atoms with Gasteiger partial charge < -0.3 is 15.4 Å². The Morgan fingerprint density at radius 1 is 1.22 bits per heavy atom. The Morgan fingerprint density at radius 2 is 1.83 bits per heavy atom. The van der Waals surface area contributed by atoms with Gasteiger partial charge in [0.2, 0.25) is 0 Å². The van der Waals surface area contributed by atoms with Gasteiger partial charge in [-0.1, -0.05) is 31.0 Å². The van der Waals surface area contributed by atoms with E-state index >= 15 is 0 Å². The monoisotopic (exact) mass is 314 g/mol. The molecule has 124 valence electrons. The molecule has 1 aliphatic heterocycles. The van der Waals surface area contributed by atoms with Gasteiger partial charge in [-0.2, -0.15) is 0 Å². The average Bonchev–Trinajstić information content (AvgIpc) is 2.93. The van der Waals surface area contributed by atoms with Crippen LogP contribution in [0.3, 0.4) is 0 Å². The third kappa shape index (κ3) is 2.50. The van der Waals surface area contributed by atoms with Crippen molar-refractivity contribution >= 4 is 17.4 Å². The lowest BCUT2D eigenvalue weighted by Gasteiger charge is -2.46. The molecule has 2 aliphatic rings. The number of hydrogen-bond donors (Lipinski definition) is 1. The lowest BCUT2D eigenvalue weighted by Crippen LogP contribution is -2.52. The Kier molecular flexibility index (Phi) is 3.66. The van der Waals surface area contributed by atoms with Crippen molar-refractivity contribution in [1.29, 1.82) is 0 Å². The lowest BCUT2D eigenvalue weighted by atomic mass is 9.79. The van der Waals surface area contributed by atoms with Gasteiger partial charge in [0, 0.05) is 18.3 Å². The number of esters is 1. The number of fused-ring (bicyclic) bond motifs is 1. The highest BCUT2D eigenvalue weighted by atomic mass is 16.6. The minimum atomic E-state index is -0.528. The molecule has 4 heteroatoms. The predicted molar refractivity (Wildman–Crippen MR) is 93.0 cm³/mol. The van der Waals surface area contributed by atoms with Crippen LogP contribution < -0.4 is 10.6 Å². The Labute approximate surface area is 138 Å². The summed E-state index contributed by atoms with van der Waals surface area (Å²) in [6.45, 7) is 5.68. The number of hydrogen-bond acceptors (Lipinski definition) is 4. The molecule has 1 spiro atoms. The standard InChI is InChI=1S/C19H26N2O2/c1-18(2,3)23-17(22)15-16(20)13-9-5-6-10-14(13)21(4)19(15)11-7-8-12-19/h5-6,9-10H,7-8,11-12,20H2,1-4H3. The van der Waals surface area contributed by atoms with E-state index in [0.29, 0.717) is 11.3 Å². The third-order valence-electron chi connectivity index (χ3n) is 4.97. The van der Waals surface area contributed by atoms with Crippen LogP contribution in [-0.4, -0.2) is 24.2 Å². The van der Waals surface area contributed by atoms with E-state index in [1.807, 2.05) is 39.0 Å². The molecule has 0 atom stereocenters. The van der Waals surface area contributed by atoms with Crippen LogP contribution in [0.2, 0.25) is 0 Å². The van der Waals surface area contributed by atoms with Gasteiger partial charge in [0.05, 0.1) is 16.8 Å². The molecule has 0 amide bonds. The summed E-state index contributed by atoms with van der Waals surface area (Å²) in [6, 6.07) is 8.03. The van der Waals surface area contributed by atoms with Crippen LogP contribution in [0.1, 0.15) is 52.0 Å². The maximum absolute atomic E-state index is 13.0. The number of benzene rings is 1. The number of nitrogens with two attached hydrogens (primary N) is 1. The molecule has 0 radical (unpaired) electrons. The van der Waals surface area contributed by atoms with E-state index < -0.39 is 5.60 Å². The molecule has 3 rings (SSSR count). The summed E-state index contributed by atoms with van der Waals surface area (Å²) in [7, 11) is 2.07.